The summed E-state index contributed by atoms with van der Waals surface area (Å²) in [6.07, 6.45) is 0. The average Bonchev–Trinajstić information content (AvgIpc) is 2.58. The highest BCUT2D eigenvalue weighted by Gasteiger charge is 2.14. The van der Waals surface area contributed by atoms with Crippen LogP contribution < -0.4 is 10.6 Å². The lowest BCUT2D eigenvalue weighted by Crippen LogP contribution is -2.05. The van der Waals surface area contributed by atoms with Crippen LogP contribution in [0.4, 0.5) is 36.3 Å². The van der Waals surface area contributed by atoms with Crippen LogP contribution in [0.5, 0.6) is 0 Å². The largest absolute Gasteiger partial charge is 0.340 e. The van der Waals surface area contributed by atoms with Crippen LogP contribution in [0.1, 0.15) is 16.8 Å². The van der Waals surface area contributed by atoms with Crippen molar-refractivity contribution in [3.63, 3.8) is 0 Å². The fraction of sp³-hybridized carbons (Fsp3) is 0.158. The maximum absolute atomic E-state index is 13.8. The Labute approximate surface area is 149 Å². The number of hydrogen-bond acceptors (Lipinski definition) is 4. The first-order valence-corrected chi connectivity index (χ1v) is 7.94. The maximum Gasteiger partial charge on any atom is 0.229 e. The van der Waals surface area contributed by atoms with Crippen molar-refractivity contribution in [1.29, 1.82) is 0 Å². The van der Waals surface area contributed by atoms with E-state index in [-0.39, 0.29) is 11.6 Å². The molecule has 3 aromatic rings. The van der Waals surface area contributed by atoms with Gasteiger partial charge in [-0.2, -0.15) is 4.98 Å². The molecule has 0 fully saturated rings. The Kier molecular flexibility index (Phi) is 4.79. The van der Waals surface area contributed by atoms with Gasteiger partial charge in [-0.15, -0.1) is 0 Å². The Morgan fingerprint density at radius 3 is 2.31 bits per heavy atom. The first-order valence-electron chi connectivity index (χ1n) is 7.94. The number of aromatic nitrogens is 2. The third-order valence-electron chi connectivity index (χ3n) is 3.79. The van der Waals surface area contributed by atoms with Crippen molar-refractivity contribution in [2.24, 2.45) is 0 Å². The molecular formula is C19H17F3N4. The Balaban J connectivity index is 1.91. The molecule has 0 atom stereocenters. The highest BCUT2D eigenvalue weighted by molar-refractivity contribution is 5.63. The summed E-state index contributed by atoms with van der Waals surface area (Å²) in [5.74, 6) is -3.55. The molecule has 0 radical (unpaired) electrons. The summed E-state index contributed by atoms with van der Waals surface area (Å²) >= 11 is 0. The van der Waals surface area contributed by atoms with Gasteiger partial charge in [-0.25, -0.2) is 18.2 Å². The zero-order chi connectivity index (χ0) is 18.8. The Hall–Kier alpha value is -3.09. The molecule has 1 heterocycles. The fourth-order valence-corrected chi connectivity index (χ4v) is 2.44. The molecular weight excluding hydrogens is 341 g/mol. The van der Waals surface area contributed by atoms with Gasteiger partial charge in [0.05, 0.1) is 5.69 Å². The normalized spacial score (nSPS) is 10.7. The first kappa shape index (κ1) is 17.7. The second kappa shape index (κ2) is 7.03. The van der Waals surface area contributed by atoms with Crippen molar-refractivity contribution in [3.05, 3.63) is 70.7 Å². The van der Waals surface area contributed by atoms with E-state index >= 15 is 0 Å². The number of halogens is 3. The quantitative estimate of drug-likeness (QED) is 0.621. The van der Waals surface area contributed by atoms with Crippen molar-refractivity contribution >= 4 is 23.1 Å². The lowest BCUT2D eigenvalue weighted by molar-refractivity contribution is 0.449. The second-order valence-corrected chi connectivity index (χ2v) is 6.01. The predicted molar refractivity (Wildman–Crippen MR) is 95.6 cm³/mol. The van der Waals surface area contributed by atoms with Gasteiger partial charge in [0.25, 0.3) is 0 Å². The zero-order valence-corrected chi connectivity index (χ0v) is 14.5. The number of nitrogens with one attached hydrogen (secondary N) is 2. The molecule has 0 aliphatic heterocycles. The summed E-state index contributed by atoms with van der Waals surface area (Å²) < 4.78 is 40.3. The van der Waals surface area contributed by atoms with Gasteiger partial charge in [0.15, 0.2) is 17.5 Å². The van der Waals surface area contributed by atoms with E-state index in [1.54, 1.807) is 13.0 Å². The molecule has 3 rings (SSSR count). The molecule has 7 heteroatoms. The highest BCUT2D eigenvalue weighted by atomic mass is 19.2. The minimum absolute atomic E-state index is 0.0720. The smallest absolute Gasteiger partial charge is 0.229 e. The van der Waals surface area contributed by atoms with E-state index in [1.807, 2.05) is 32.0 Å². The number of nitrogens with zero attached hydrogens (tertiary/aromatic N) is 2. The van der Waals surface area contributed by atoms with E-state index in [0.717, 1.165) is 28.9 Å². The number of hydrogen-bond donors (Lipinski definition) is 2. The van der Waals surface area contributed by atoms with Crippen molar-refractivity contribution in [2.75, 3.05) is 10.6 Å². The Morgan fingerprint density at radius 2 is 1.54 bits per heavy atom. The van der Waals surface area contributed by atoms with Crippen molar-refractivity contribution < 1.29 is 13.2 Å². The van der Waals surface area contributed by atoms with Crippen molar-refractivity contribution in [2.45, 2.75) is 20.8 Å². The molecule has 0 aliphatic rings. The molecule has 2 N–H and O–H groups in total. The summed E-state index contributed by atoms with van der Waals surface area (Å²) in [7, 11) is 0. The summed E-state index contributed by atoms with van der Waals surface area (Å²) in [6.45, 7) is 5.70. The summed E-state index contributed by atoms with van der Waals surface area (Å²) in [5, 5.41) is 5.79. The highest BCUT2D eigenvalue weighted by Crippen LogP contribution is 2.25. The van der Waals surface area contributed by atoms with Gasteiger partial charge in [-0.05, 0) is 50.1 Å². The molecule has 4 nitrogen and oxygen atoms in total. The average molecular weight is 358 g/mol. The van der Waals surface area contributed by atoms with Crippen LogP contribution in [0.3, 0.4) is 0 Å². The number of aryl methyl sites for hydroxylation is 3. The molecule has 1 aromatic heterocycles. The molecule has 0 bridgehead atoms. The van der Waals surface area contributed by atoms with E-state index in [0.29, 0.717) is 11.5 Å². The standard InChI is InChI=1S/C19H17F3N4/c1-10-4-5-11(2)15(8-10)24-16-9-12(3)23-19(26-16)25-14-7-6-13(20)17(21)18(14)22/h4-9H,1-3H3,(H2,23,24,25,26). The third-order valence-corrected chi connectivity index (χ3v) is 3.79. The molecule has 0 saturated carbocycles. The van der Waals surface area contributed by atoms with Crippen LogP contribution in [0.25, 0.3) is 0 Å². The summed E-state index contributed by atoms with van der Waals surface area (Å²) in [6, 6.07) is 9.64. The van der Waals surface area contributed by atoms with Gasteiger partial charge >= 0.3 is 0 Å². The van der Waals surface area contributed by atoms with Crippen LogP contribution in [0.15, 0.2) is 36.4 Å². The lowest BCUT2D eigenvalue weighted by Gasteiger charge is -2.12. The van der Waals surface area contributed by atoms with Crippen molar-refractivity contribution in [1.82, 2.24) is 9.97 Å². The van der Waals surface area contributed by atoms with Gasteiger partial charge in [0.2, 0.25) is 5.95 Å². The maximum atomic E-state index is 13.8. The Bertz CT molecular complexity index is 973. The summed E-state index contributed by atoms with van der Waals surface area (Å²) in [4.78, 5) is 8.43. The van der Waals surface area contributed by atoms with Gasteiger partial charge in [-0.1, -0.05) is 12.1 Å². The number of anilines is 4. The monoisotopic (exact) mass is 358 g/mol. The van der Waals surface area contributed by atoms with E-state index < -0.39 is 17.5 Å². The van der Waals surface area contributed by atoms with Crippen LogP contribution in [-0.4, -0.2) is 9.97 Å². The fourth-order valence-electron chi connectivity index (χ4n) is 2.44. The third kappa shape index (κ3) is 3.77. The molecule has 0 spiro atoms. The topological polar surface area (TPSA) is 49.8 Å². The van der Waals surface area contributed by atoms with Gasteiger partial charge < -0.3 is 10.6 Å². The van der Waals surface area contributed by atoms with E-state index in [4.69, 9.17) is 0 Å². The predicted octanol–water partition coefficient (Wildman–Crippen LogP) is 5.31. The van der Waals surface area contributed by atoms with E-state index in [1.165, 1.54) is 0 Å². The van der Waals surface area contributed by atoms with Crippen LogP contribution in [0.2, 0.25) is 0 Å². The molecule has 0 amide bonds. The SMILES string of the molecule is Cc1ccc(C)c(Nc2cc(C)nc(Nc3ccc(F)c(F)c3F)n2)c1. The van der Waals surface area contributed by atoms with Gasteiger partial charge in [-0.3, -0.25) is 0 Å². The van der Waals surface area contributed by atoms with Crippen molar-refractivity contribution in [3.8, 4) is 0 Å². The Morgan fingerprint density at radius 1 is 0.769 bits per heavy atom. The van der Waals surface area contributed by atoms with E-state index in [2.05, 4.69) is 20.6 Å². The molecule has 2 aromatic carbocycles. The van der Waals surface area contributed by atoms with Gasteiger partial charge in [0, 0.05) is 17.4 Å². The zero-order valence-electron chi connectivity index (χ0n) is 14.5. The lowest BCUT2D eigenvalue weighted by atomic mass is 10.1. The molecule has 0 aliphatic carbocycles. The molecule has 26 heavy (non-hydrogen) atoms. The van der Waals surface area contributed by atoms with Crippen LogP contribution in [-0.2, 0) is 0 Å². The van der Waals surface area contributed by atoms with Gasteiger partial charge in [0.1, 0.15) is 5.82 Å². The first-order chi connectivity index (χ1) is 12.3. The minimum atomic E-state index is -1.55. The van der Waals surface area contributed by atoms with E-state index in [9.17, 15) is 13.2 Å². The second-order valence-electron chi connectivity index (χ2n) is 6.01. The van der Waals surface area contributed by atoms with Crippen LogP contribution in [0, 0.1) is 38.2 Å². The molecule has 0 saturated heterocycles. The minimum Gasteiger partial charge on any atom is -0.340 e. The number of benzene rings is 2. The molecule has 134 valence electrons. The van der Waals surface area contributed by atoms with Crippen LogP contribution >= 0.6 is 0 Å². The summed E-state index contributed by atoms with van der Waals surface area (Å²) in [5.41, 5.74) is 3.39. The molecule has 0 unspecified atom stereocenters. The number of rotatable bonds is 4.